The molecular formula is C80H102N4OS3. The van der Waals surface area contributed by atoms with Crippen molar-refractivity contribution in [2.24, 2.45) is 71.0 Å². The molecule has 16 saturated carbocycles. The van der Waals surface area contributed by atoms with Gasteiger partial charge in [0.15, 0.2) is 0 Å². The molecule has 5 N–H and O–H groups in total. The number of hydrogen-bond acceptors (Lipinski definition) is 8. The first-order valence-electron chi connectivity index (χ1n) is 35.9. The maximum atomic E-state index is 9.62. The molecule has 16 bridgehead atoms. The number of phenols is 1. The average Bonchev–Trinajstić information content (AvgIpc) is 1.21. The van der Waals surface area contributed by atoms with Gasteiger partial charge in [-0.1, -0.05) is 54.1 Å². The second kappa shape index (κ2) is 22.9. The molecule has 18 aliphatic rings. The van der Waals surface area contributed by atoms with Crippen molar-refractivity contribution < 1.29 is 5.11 Å². The highest BCUT2D eigenvalue weighted by atomic mass is 32.1. The van der Waals surface area contributed by atoms with Crippen LogP contribution in [0.2, 0.25) is 0 Å². The van der Waals surface area contributed by atoms with E-state index in [0.29, 0.717) is 33.9 Å². The van der Waals surface area contributed by atoms with Crippen LogP contribution in [0.3, 0.4) is 0 Å². The van der Waals surface area contributed by atoms with Gasteiger partial charge in [0, 0.05) is 78.3 Å². The summed E-state index contributed by atoms with van der Waals surface area (Å²) in [6, 6.07) is 26.3. The lowest BCUT2D eigenvalue weighted by Crippen LogP contribution is -2.58. The number of nitrogens with one attached hydrogen (secondary N) is 4. The fourth-order valence-corrected chi connectivity index (χ4v) is 28.0. The van der Waals surface area contributed by atoms with E-state index in [2.05, 4.69) is 121 Å². The summed E-state index contributed by atoms with van der Waals surface area (Å²) in [7, 11) is 0. The van der Waals surface area contributed by atoms with Crippen molar-refractivity contribution in [1.29, 1.82) is 0 Å². The molecule has 3 aromatic heterocycles. The van der Waals surface area contributed by atoms with Crippen LogP contribution >= 0.6 is 34.0 Å². The largest absolute Gasteiger partial charge is 0.508 e. The summed E-state index contributed by atoms with van der Waals surface area (Å²) >= 11 is 5.92. The second-order valence-electron chi connectivity index (χ2n) is 33.5. The fraction of sp³-hybridized carbons (Fsp3) is 0.625. The van der Waals surface area contributed by atoms with Gasteiger partial charge in [0.05, 0.1) is 0 Å². The topological polar surface area (TPSA) is 68.3 Å². The molecule has 5 nitrogen and oxygen atoms in total. The van der Waals surface area contributed by atoms with E-state index in [1.807, 2.05) is 46.1 Å². The summed E-state index contributed by atoms with van der Waals surface area (Å²) in [6.07, 6.45) is 40.2. The monoisotopic (exact) mass is 1230 g/mol. The highest BCUT2D eigenvalue weighted by Gasteiger charge is 2.54. The highest BCUT2D eigenvalue weighted by Crippen LogP contribution is 2.60. The number of aromatic hydroxyl groups is 1. The Morgan fingerprint density at radius 1 is 0.511 bits per heavy atom. The Morgan fingerprint density at radius 2 is 0.989 bits per heavy atom. The highest BCUT2D eigenvalue weighted by molar-refractivity contribution is 7.19. The maximum Gasteiger partial charge on any atom is 0.116 e. The van der Waals surface area contributed by atoms with E-state index in [0.717, 1.165) is 97.1 Å². The molecule has 3 heterocycles. The molecule has 0 radical (unpaired) electrons. The van der Waals surface area contributed by atoms with E-state index in [9.17, 15) is 5.11 Å². The minimum atomic E-state index is 0.380. The molecule has 24 rings (SSSR count). The molecule has 1 unspecified atom stereocenters. The molecule has 3 aromatic carbocycles. The van der Waals surface area contributed by atoms with Gasteiger partial charge in [-0.15, -0.1) is 34.0 Å². The maximum absolute atomic E-state index is 9.62. The third-order valence-corrected chi connectivity index (χ3v) is 30.4. The Bertz CT molecular complexity index is 3490. The van der Waals surface area contributed by atoms with Gasteiger partial charge >= 0.3 is 0 Å². The van der Waals surface area contributed by atoms with Crippen LogP contribution in [0.15, 0.2) is 89.3 Å². The van der Waals surface area contributed by atoms with Crippen molar-refractivity contribution in [1.82, 2.24) is 21.3 Å². The molecule has 18 aliphatic carbocycles. The number of allylic oxidation sites excluding steroid dienone is 1. The molecule has 466 valence electrons. The normalized spacial score (nSPS) is 37.8. The number of fused-ring (bicyclic) bond motifs is 4. The van der Waals surface area contributed by atoms with Crippen LogP contribution in [0, 0.1) is 84.9 Å². The van der Waals surface area contributed by atoms with Crippen LogP contribution in [0.25, 0.3) is 31.8 Å². The lowest BCUT2D eigenvalue weighted by atomic mass is 9.53. The first-order chi connectivity index (χ1) is 42.7. The van der Waals surface area contributed by atoms with Crippen molar-refractivity contribution in [3.8, 4) is 5.75 Å². The van der Waals surface area contributed by atoms with Crippen molar-refractivity contribution >= 4 is 65.8 Å². The zero-order valence-electron chi connectivity index (χ0n) is 53.8. The van der Waals surface area contributed by atoms with Crippen molar-refractivity contribution in [2.75, 3.05) is 13.1 Å². The van der Waals surface area contributed by atoms with E-state index >= 15 is 0 Å². The van der Waals surface area contributed by atoms with E-state index in [4.69, 9.17) is 0 Å². The standard InChI is InChI=1S/C20H25NO.C20H27NS.2C20H25NS/c22-19-2-1-17-6-16(7-18(17)8-19)12-21-20-9-13-3-14(10-20)5-15(4-13)11-20;1-12-11-22-18-6-17(13(2)19(12)18)10-21-20-7-14-3-15(8-20)5-16(4-14)9-20;1-13(19-9-17-4-2-3-5-18(17)22-19)21-20-10-14-6-15(11-20)8-16(7-14)12-20;1-13-17-4-2-3-5-18(17)22-19(13)12-21-20-9-14-6-15(10-20)8-16(7-14)11-20/h1-2,7-8,13-15,21-22H,3-6,9-12H2;11,14-16,21H,3-10H2,1-2H3;2-5,9,13-16,21H,6-8,10-12H2,1H3;2-5,14-16,21H,6-12H2,1H3. The number of thiophene rings is 3. The summed E-state index contributed by atoms with van der Waals surface area (Å²) in [5, 5.41) is 31.1. The van der Waals surface area contributed by atoms with Crippen LogP contribution in [0.5, 0.6) is 5.75 Å². The van der Waals surface area contributed by atoms with Gasteiger partial charge in [0.2, 0.25) is 0 Å². The van der Waals surface area contributed by atoms with Gasteiger partial charge in [0.1, 0.15) is 5.75 Å². The third kappa shape index (κ3) is 11.3. The first kappa shape index (κ1) is 58.2. The minimum absolute atomic E-state index is 0.380. The average molecular weight is 1230 g/mol. The van der Waals surface area contributed by atoms with Crippen LogP contribution in [-0.4, -0.2) is 40.4 Å². The molecular weight excluding hydrogens is 1130 g/mol. The Labute approximate surface area is 539 Å². The molecule has 88 heavy (non-hydrogen) atoms. The Morgan fingerprint density at radius 3 is 1.50 bits per heavy atom. The number of hydrogen-bond donors (Lipinski definition) is 5. The molecule has 8 heteroatoms. The van der Waals surface area contributed by atoms with E-state index in [1.165, 1.54) is 213 Å². The summed E-state index contributed by atoms with van der Waals surface area (Å²) in [5.41, 5.74) is 13.8. The number of phenolic OH excluding ortho intramolecular Hbond substituents is 1. The van der Waals surface area contributed by atoms with Gasteiger partial charge in [-0.2, -0.15) is 0 Å². The Hall–Kier alpha value is -3.60. The quantitative estimate of drug-likeness (QED) is 0.0845. The SMILES string of the molecule is CC(NC12CC3CC(CC(C3)C1)C2)c1cc2ccccc2s1.CC1=C(CNC23CC4CC(CC(C4)C2)C3)Cc2scc(C)c21.Cc1c(CNC23CC4CC(CC(C4)C2)C3)sc2ccccc12.Oc1ccc2c(c1)C=C(CNC13CC4CC(CC(C4)C1)C3)C2. The van der Waals surface area contributed by atoms with Crippen LogP contribution in [-0.2, 0) is 19.4 Å². The third-order valence-electron chi connectivity index (χ3n) is 26.7. The van der Waals surface area contributed by atoms with Gasteiger partial charge in [-0.3, -0.25) is 0 Å². The second-order valence-corrected chi connectivity index (χ2v) is 36.8. The summed E-state index contributed by atoms with van der Waals surface area (Å²) in [4.78, 5) is 4.67. The molecule has 0 spiro atoms. The van der Waals surface area contributed by atoms with E-state index in [-0.39, 0.29) is 0 Å². The van der Waals surface area contributed by atoms with Gasteiger partial charge in [-0.05, 0) is 345 Å². The summed E-state index contributed by atoms with van der Waals surface area (Å²) in [6.45, 7) is 12.5. The molecule has 0 saturated heterocycles. The lowest BCUT2D eigenvalue weighted by molar-refractivity contribution is -0.0243. The molecule has 0 amide bonds. The van der Waals surface area contributed by atoms with Gasteiger partial charge in [0.25, 0.3) is 0 Å². The van der Waals surface area contributed by atoms with Crippen molar-refractivity contribution in [3.05, 3.63) is 132 Å². The zero-order chi connectivity index (χ0) is 59.1. The summed E-state index contributed by atoms with van der Waals surface area (Å²) < 4.78 is 2.87. The molecule has 6 aromatic rings. The number of rotatable bonds is 12. The predicted octanol–water partition coefficient (Wildman–Crippen LogP) is 19.6. The number of benzene rings is 3. The number of aryl methyl sites for hydroxylation is 2. The van der Waals surface area contributed by atoms with E-state index in [1.54, 1.807) is 26.5 Å². The molecule has 1 atom stereocenters. The zero-order valence-corrected chi connectivity index (χ0v) is 56.2. The van der Waals surface area contributed by atoms with Crippen molar-refractivity contribution in [3.63, 3.8) is 0 Å². The Kier molecular flexibility index (Phi) is 15.1. The first-order valence-corrected chi connectivity index (χ1v) is 38.5. The Balaban J connectivity index is 0.0000000910. The fourth-order valence-electron chi connectivity index (χ4n) is 24.6. The summed E-state index contributed by atoms with van der Waals surface area (Å²) in [5.74, 6) is 12.7. The molecule has 16 fully saturated rings. The van der Waals surface area contributed by atoms with E-state index < -0.39 is 0 Å². The van der Waals surface area contributed by atoms with Crippen LogP contribution in [0.1, 0.15) is 216 Å². The molecule has 0 aliphatic heterocycles. The smallest absolute Gasteiger partial charge is 0.116 e. The lowest BCUT2D eigenvalue weighted by Gasteiger charge is -2.57. The van der Waals surface area contributed by atoms with Gasteiger partial charge in [-0.25, -0.2) is 0 Å². The predicted molar refractivity (Wildman–Crippen MR) is 372 cm³/mol. The van der Waals surface area contributed by atoms with Crippen molar-refractivity contribution in [2.45, 2.75) is 229 Å². The van der Waals surface area contributed by atoms with Gasteiger partial charge < -0.3 is 26.4 Å². The van der Waals surface area contributed by atoms with Crippen LogP contribution < -0.4 is 21.3 Å². The van der Waals surface area contributed by atoms with Crippen LogP contribution in [0.4, 0.5) is 0 Å². The minimum Gasteiger partial charge on any atom is -0.508 e.